The Hall–Kier alpha value is -3.00. The third-order valence-electron chi connectivity index (χ3n) is 5.98. The number of aromatic hydroxyl groups is 1. The van der Waals surface area contributed by atoms with Gasteiger partial charge in [0.1, 0.15) is 5.75 Å². The number of aliphatic carboxylic acids is 1. The average molecular weight is 459 g/mol. The number of hydrogen-bond donors (Lipinski definition) is 3. The summed E-state index contributed by atoms with van der Waals surface area (Å²) in [6, 6.07) is 10.9. The summed E-state index contributed by atoms with van der Waals surface area (Å²) in [4.78, 5) is 16.5. The van der Waals surface area contributed by atoms with Gasteiger partial charge >= 0.3 is 5.97 Å². The number of phenolic OH excluding ortho intramolecular Hbond substituents is 1. The summed E-state index contributed by atoms with van der Waals surface area (Å²) in [6.07, 6.45) is 3.17. The van der Waals surface area contributed by atoms with Crippen molar-refractivity contribution in [3.63, 3.8) is 0 Å². The molecule has 0 saturated heterocycles. The van der Waals surface area contributed by atoms with E-state index in [1.54, 1.807) is 30.3 Å². The first kappa shape index (κ1) is 22.2. The summed E-state index contributed by atoms with van der Waals surface area (Å²) in [5, 5.41) is 23.5. The number of halogens is 2. The fourth-order valence-corrected chi connectivity index (χ4v) is 5.14. The molecule has 0 radical (unpaired) electrons. The van der Waals surface area contributed by atoms with Gasteiger partial charge in [-0.3, -0.25) is 4.79 Å². The van der Waals surface area contributed by atoms with Crippen LogP contribution in [0.2, 0.25) is 0 Å². The Morgan fingerprint density at radius 1 is 1.09 bits per heavy atom. The molecule has 0 spiro atoms. The summed E-state index contributed by atoms with van der Waals surface area (Å²) in [5.74, 6) is -2.34. The molecule has 0 unspecified atom stereocenters. The van der Waals surface area contributed by atoms with Gasteiger partial charge in [0.15, 0.2) is 16.8 Å². The highest BCUT2D eigenvalue weighted by Crippen LogP contribution is 2.38. The molecular formula is C24H24F2N2O3S. The zero-order chi connectivity index (χ0) is 22.7. The smallest absolute Gasteiger partial charge is 0.306 e. The normalized spacial score (nSPS) is 18.4. The SMILES string of the molecule is O=C(O)C1CCC(CNc2nc(-c3ccccc3O)c(Cc3cccc(F)c3F)s2)CC1. The Morgan fingerprint density at radius 2 is 1.84 bits per heavy atom. The lowest BCUT2D eigenvalue weighted by atomic mass is 9.82. The second-order valence-electron chi connectivity index (χ2n) is 8.13. The van der Waals surface area contributed by atoms with Crippen LogP contribution in [-0.2, 0) is 11.2 Å². The van der Waals surface area contributed by atoms with Crippen molar-refractivity contribution in [2.24, 2.45) is 11.8 Å². The molecule has 0 bridgehead atoms. The van der Waals surface area contributed by atoms with E-state index >= 15 is 0 Å². The molecule has 5 nitrogen and oxygen atoms in total. The quantitative estimate of drug-likeness (QED) is 0.424. The van der Waals surface area contributed by atoms with Gasteiger partial charge in [0.2, 0.25) is 0 Å². The highest BCUT2D eigenvalue weighted by Gasteiger charge is 2.26. The van der Waals surface area contributed by atoms with Crippen LogP contribution in [-0.4, -0.2) is 27.7 Å². The molecule has 3 aromatic rings. The van der Waals surface area contributed by atoms with Gasteiger partial charge in [0.25, 0.3) is 0 Å². The van der Waals surface area contributed by atoms with E-state index in [1.165, 1.54) is 17.4 Å². The molecule has 3 N–H and O–H groups in total. The van der Waals surface area contributed by atoms with Gasteiger partial charge in [0, 0.05) is 23.4 Å². The third-order valence-corrected chi connectivity index (χ3v) is 6.99. The highest BCUT2D eigenvalue weighted by atomic mass is 32.1. The van der Waals surface area contributed by atoms with E-state index in [0.29, 0.717) is 46.6 Å². The van der Waals surface area contributed by atoms with Crippen LogP contribution in [0.4, 0.5) is 13.9 Å². The molecule has 2 aromatic carbocycles. The van der Waals surface area contributed by atoms with E-state index in [0.717, 1.165) is 18.9 Å². The number of nitrogens with zero attached hydrogens (tertiary/aromatic N) is 1. The number of para-hydroxylation sites is 1. The molecule has 1 aliphatic rings. The number of carboxylic acid groups (broad SMARTS) is 1. The van der Waals surface area contributed by atoms with E-state index in [2.05, 4.69) is 10.3 Å². The van der Waals surface area contributed by atoms with Crippen molar-refractivity contribution in [1.82, 2.24) is 4.98 Å². The maximum atomic E-state index is 14.3. The van der Waals surface area contributed by atoms with Gasteiger partial charge in [-0.2, -0.15) is 0 Å². The number of anilines is 1. The average Bonchev–Trinajstić information content (AvgIpc) is 3.18. The third kappa shape index (κ3) is 4.91. The number of benzene rings is 2. The lowest BCUT2D eigenvalue weighted by molar-refractivity contribution is -0.143. The molecule has 1 aromatic heterocycles. The first-order chi connectivity index (χ1) is 15.4. The number of thiazole rings is 1. The largest absolute Gasteiger partial charge is 0.507 e. The first-order valence-corrected chi connectivity index (χ1v) is 11.4. The van der Waals surface area contributed by atoms with Crippen LogP contribution in [0.3, 0.4) is 0 Å². The Labute approximate surface area is 188 Å². The van der Waals surface area contributed by atoms with E-state index in [-0.39, 0.29) is 23.7 Å². The minimum Gasteiger partial charge on any atom is -0.507 e. The van der Waals surface area contributed by atoms with Crippen molar-refractivity contribution < 1.29 is 23.8 Å². The minimum absolute atomic E-state index is 0.0670. The molecule has 168 valence electrons. The molecule has 1 saturated carbocycles. The number of carbonyl (C=O) groups is 1. The number of aromatic nitrogens is 1. The Kier molecular flexibility index (Phi) is 6.69. The molecule has 0 amide bonds. The topological polar surface area (TPSA) is 82.5 Å². The van der Waals surface area contributed by atoms with Crippen molar-refractivity contribution in [3.05, 3.63) is 64.5 Å². The van der Waals surface area contributed by atoms with E-state index in [4.69, 9.17) is 5.11 Å². The Morgan fingerprint density at radius 3 is 2.56 bits per heavy atom. The highest BCUT2D eigenvalue weighted by molar-refractivity contribution is 7.16. The van der Waals surface area contributed by atoms with Gasteiger partial charge in [-0.05, 0) is 55.4 Å². The second-order valence-corrected chi connectivity index (χ2v) is 9.22. The van der Waals surface area contributed by atoms with Crippen LogP contribution in [0.1, 0.15) is 36.1 Å². The van der Waals surface area contributed by atoms with E-state index in [1.807, 2.05) is 0 Å². The van der Waals surface area contributed by atoms with Gasteiger partial charge in [-0.1, -0.05) is 24.3 Å². The summed E-state index contributed by atoms with van der Waals surface area (Å²) in [7, 11) is 0. The molecule has 1 aliphatic carbocycles. The molecular weight excluding hydrogens is 434 g/mol. The van der Waals surface area contributed by atoms with Crippen molar-refractivity contribution in [1.29, 1.82) is 0 Å². The van der Waals surface area contributed by atoms with Crippen LogP contribution in [0, 0.1) is 23.5 Å². The number of hydrogen-bond acceptors (Lipinski definition) is 5. The van der Waals surface area contributed by atoms with E-state index < -0.39 is 17.6 Å². The number of nitrogens with one attached hydrogen (secondary N) is 1. The maximum Gasteiger partial charge on any atom is 0.306 e. The number of rotatable bonds is 7. The molecule has 0 aliphatic heterocycles. The predicted molar refractivity (Wildman–Crippen MR) is 120 cm³/mol. The van der Waals surface area contributed by atoms with Crippen molar-refractivity contribution in [2.45, 2.75) is 32.1 Å². The fraction of sp³-hybridized carbons (Fsp3) is 0.333. The van der Waals surface area contributed by atoms with Crippen LogP contribution < -0.4 is 5.32 Å². The van der Waals surface area contributed by atoms with Gasteiger partial charge < -0.3 is 15.5 Å². The Balaban J connectivity index is 1.55. The van der Waals surface area contributed by atoms with Gasteiger partial charge in [0.05, 0.1) is 11.6 Å². The maximum absolute atomic E-state index is 14.3. The monoisotopic (exact) mass is 458 g/mol. The standard InChI is InChI=1S/C24H24F2N2O3S/c25-18-6-3-4-16(21(18)26)12-20-22(17-5-1-2-7-19(17)29)28-24(32-20)27-13-14-8-10-15(11-9-14)23(30)31/h1-7,14-15,29H,8-13H2,(H,27,28)(H,30,31). The molecule has 4 rings (SSSR count). The van der Waals surface area contributed by atoms with Crippen molar-refractivity contribution >= 4 is 22.4 Å². The van der Waals surface area contributed by atoms with Crippen LogP contribution in [0.5, 0.6) is 5.75 Å². The molecule has 1 heterocycles. The Bertz CT molecular complexity index is 1110. The fourth-order valence-electron chi connectivity index (χ4n) is 4.13. The molecule has 32 heavy (non-hydrogen) atoms. The van der Waals surface area contributed by atoms with Crippen molar-refractivity contribution in [3.8, 4) is 17.0 Å². The molecule has 1 fully saturated rings. The van der Waals surface area contributed by atoms with Gasteiger partial charge in [-0.25, -0.2) is 13.8 Å². The van der Waals surface area contributed by atoms with Crippen molar-refractivity contribution in [2.75, 3.05) is 11.9 Å². The predicted octanol–water partition coefficient (Wildman–Crippen LogP) is 5.69. The number of phenols is 1. The lowest BCUT2D eigenvalue weighted by Crippen LogP contribution is -2.25. The summed E-state index contributed by atoms with van der Waals surface area (Å²) in [6.45, 7) is 0.661. The van der Waals surface area contributed by atoms with Gasteiger partial charge in [-0.15, -0.1) is 11.3 Å². The second kappa shape index (κ2) is 9.65. The zero-order valence-electron chi connectivity index (χ0n) is 17.4. The van der Waals surface area contributed by atoms with Crippen LogP contribution >= 0.6 is 11.3 Å². The molecule has 0 atom stereocenters. The summed E-state index contributed by atoms with van der Waals surface area (Å²) < 4.78 is 28.0. The van der Waals surface area contributed by atoms with E-state index in [9.17, 15) is 18.7 Å². The zero-order valence-corrected chi connectivity index (χ0v) is 18.2. The summed E-state index contributed by atoms with van der Waals surface area (Å²) in [5.41, 5.74) is 1.29. The lowest BCUT2D eigenvalue weighted by Gasteiger charge is -2.26. The van der Waals surface area contributed by atoms with Crippen LogP contribution in [0.25, 0.3) is 11.3 Å². The first-order valence-electron chi connectivity index (χ1n) is 10.6. The summed E-state index contributed by atoms with van der Waals surface area (Å²) >= 11 is 1.35. The molecule has 8 heteroatoms. The minimum atomic E-state index is -0.897. The van der Waals surface area contributed by atoms with Crippen LogP contribution in [0.15, 0.2) is 42.5 Å². The number of carboxylic acids is 1.